The Balaban J connectivity index is 1.80. The predicted molar refractivity (Wildman–Crippen MR) is 81.9 cm³/mol. The zero-order chi connectivity index (χ0) is 16.2. The molecule has 0 aliphatic heterocycles. The van der Waals surface area contributed by atoms with E-state index in [1.165, 1.54) is 13.2 Å². The first-order valence-electron chi connectivity index (χ1n) is 6.66. The van der Waals surface area contributed by atoms with Gasteiger partial charge in [-0.3, -0.25) is 0 Å². The van der Waals surface area contributed by atoms with Crippen LogP contribution in [0.15, 0.2) is 36.4 Å². The highest BCUT2D eigenvalue weighted by Gasteiger charge is 2.11. The van der Waals surface area contributed by atoms with Crippen LogP contribution < -0.4 is 9.47 Å². The van der Waals surface area contributed by atoms with Crippen molar-refractivity contribution in [3.63, 3.8) is 0 Å². The van der Waals surface area contributed by atoms with Crippen LogP contribution in [0.3, 0.4) is 0 Å². The maximum Gasteiger partial charge on any atom is 0.204 e. The maximum absolute atomic E-state index is 13.8. The third kappa shape index (κ3) is 3.40. The molecule has 8 heteroatoms. The molecule has 118 valence electrons. The molecule has 0 spiro atoms. The molecule has 0 aliphatic rings. The number of benzene rings is 2. The van der Waals surface area contributed by atoms with E-state index < -0.39 is 5.82 Å². The predicted octanol–water partition coefficient (Wildman–Crippen LogP) is 3.25. The molecule has 0 amide bonds. The summed E-state index contributed by atoms with van der Waals surface area (Å²) >= 11 is 5.73. The fraction of sp³-hybridized carbons (Fsp3) is 0.133. The fourth-order valence-corrected chi connectivity index (χ4v) is 2.16. The summed E-state index contributed by atoms with van der Waals surface area (Å²) in [6.45, 7) is 0.0565. The Morgan fingerprint density at radius 2 is 2.04 bits per heavy atom. The van der Waals surface area contributed by atoms with E-state index in [0.717, 1.165) is 5.56 Å². The van der Waals surface area contributed by atoms with Crippen LogP contribution in [0.2, 0.25) is 5.02 Å². The first-order valence-corrected chi connectivity index (χ1v) is 7.04. The second-order valence-corrected chi connectivity index (χ2v) is 5.06. The van der Waals surface area contributed by atoms with Gasteiger partial charge in [0, 0.05) is 16.1 Å². The minimum atomic E-state index is -0.417. The molecule has 1 heterocycles. The Morgan fingerprint density at radius 1 is 1.17 bits per heavy atom. The molecule has 0 atom stereocenters. The highest BCUT2D eigenvalue weighted by atomic mass is 35.5. The minimum Gasteiger partial charge on any atom is -0.493 e. The summed E-state index contributed by atoms with van der Waals surface area (Å²) in [5.74, 6) is 0.995. The molecule has 3 aromatic rings. The lowest BCUT2D eigenvalue weighted by molar-refractivity contribution is 0.280. The molecule has 0 unspecified atom stereocenters. The first kappa shape index (κ1) is 15.2. The van der Waals surface area contributed by atoms with Crippen LogP contribution in [0.25, 0.3) is 11.4 Å². The number of ether oxygens (including phenoxy) is 2. The molecule has 6 nitrogen and oxygen atoms in total. The summed E-state index contributed by atoms with van der Waals surface area (Å²) in [6.07, 6.45) is 0. The number of tetrazole rings is 1. The zero-order valence-electron chi connectivity index (χ0n) is 12.1. The summed E-state index contributed by atoms with van der Waals surface area (Å²) in [5.41, 5.74) is 1.12. The van der Waals surface area contributed by atoms with Gasteiger partial charge in [0.25, 0.3) is 0 Å². The molecule has 23 heavy (non-hydrogen) atoms. The standard InChI is InChI=1S/C15H12ClFN4O2/c1-22-14-6-9(15-18-20-21-19-15)3-5-13(14)23-8-10-2-4-11(16)7-12(10)17/h2-7H,8H2,1H3,(H,18,19,20,21). The molecule has 2 aromatic carbocycles. The van der Waals surface area contributed by atoms with Gasteiger partial charge in [0.15, 0.2) is 11.5 Å². The molecule has 0 aliphatic carbocycles. The molecular weight excluding hydrogens is 323 g/mol. The van der Waals surface area contributed by atoms with Crippen molar-refractivity contribution in [2.45, 2.75) is 6.61 Å². The number of hydrogen-bond acceptors (Lipinski definition) is 5. The number of aromatic nitrogens is 4. The van der Waals surface area contributed by atoms with Crippen LogP contribution in [0, 0.1) is 5.82 Å². The van der Waals surface area contributed by atoms with E-state index in [9.17, 15) is 4.39 Å². The normalized spacial score (nSPS) is 10.6. The van der Waals surface area contributed by atoms with Crippen LogP contribution in [0.1, 0.15) is 5.56 Å². The average Bonchev–Trinajstić information content (AvgIpc) is 3.08. The van der Waals surface area contributed by atoms with Gasteiger partial charge < -0.3 is 9.47 Å². The van der Waals surface area contributed by atoms with E-state index in [0.29, 0.717) is 27.9 Å². The van der Waals surface area contributed by atoms with Crippen LogP contribution >= 0.6 is 11.6 Å². The van der Waals surface area contributed by atoms with E-state index in [4.69, 9.17) is 21.1 Å². The van der Waals surface area contributed by atoms with Crippen molar-refractivity contribution in [1.29, 1.82) is 0 Å². The van der Waals surface area contributed by atoms with Crippen LogP contribution in [0.5, 0.6) is 11.5 Å². The van der Waals surface area contributed by atoms with Crippen molar-refractivity contribution in [1.82, 2.24) is 20.6 Å². The SMILES string of the molecule is COc1cc(-c2nn[nH]n2)ccc1OCc1ccc(Cl)cc1F. The molecule has 0 fully saturated rings. The van der Waals surface area contributed by atoms with Gasteiger partial charge in [-0.15, -0.1) is 10.2 Å². The second kappa shape index (κ2) is 6.62. The molecule has 1 N–H and O–H groups in total. The maximum atomic E-state index is 13.8. The number of nitrogens with one attached hydrogen (secondary N) is 1. The van der Waals surface area contributed by atoms with Crippen LogP contribution in [0.4, 0.5) is 4.39 Å². The number of H-pyrrole nitrogens is 1. The summed E-state index contributed by atoms with van der Waals surface area (Å²) in [7, 11) is 1.52. The molecule has 0 saturated heterocycles. The number of aromatic amines is 1. The third-order valence-corrected chi connectivity index (χ3v) is 3.40. The van der Waals surface area contributed by atoms with Crippen molar-refractivity contribution in [3.8, 4) is 22.9 Å². The summed E-state index contributed by atoms with van der Waals surface area (Å²) in [5, 5.41) is 14.0. The van der Waals surface area contributed by atoms with Gasteiger partial charge in [-0.05, 0) is 35.5 Å². The largest absolute Gasteiger partial charge is 0.493 e. The van der Waals surface area contributed by atoms with Crippen molar-refractivity contribution in [2.24, 2.45) is 0 Å². The number of nitrogens with zero attached hydrogens (tertiary/aromatic N) is 3. The van der Waals surface area contributed by atoms with Gasteiger partial charge in [-0.25, -0.2) is 4.39 Å². The quantitative estimate of drug-likeness (QED) is 0.775. The average molecular weight is 335 g/mol. The van der Waals surface area contributed by atoms with Gasteiger partial charge in [0.05, 0.1) is 7.11 Å². The lowest BCUT2D eigenvalue weighted by atomic mass is 10.2. The van der Waals surface area contributed by atoms with E-state index in [1.54, 1.807) is 30.3 Å². The fourth-order valence-electron chi connectivity index (χ4n) is 2.00. The van der Waals surface area contributed by atoms with E-state index in [2.05, 4.69) is 20.6 Å². The molecule has 0 radical (unpaired) electrons. The van der Waals surface area contributed by atoms with Crippen LogP contribution in [-0.4, -0.2) is 27.7 Å². The summed E-state index contributed by atoms with van der Waals surface area (Å²) in [4.78, 5) is 0. The number of rotatable bonds is 5. The van der Waals surface area contributed by atoms with Crippen LogP contribution in [-0.2, 0) is 6.61 Å². The topological polar surface area (TPSA) is 72.9 Å². The highest BCUT2D eigenvalue weighted by molar-refractivity contribution is 6.30. The lowest BCUT2D eigenvalue weighted by Crippen LogP contribution is -2.00. The Kier molecular flexibility index (Phi) is 4.38. The highest BCUT2D eigenvalue weighted by Crippen LogP contribution is 2.32. The van der Waals surface area contributed by atoms with Gasteiger partial charge >= 0.3 is 0 Å². The second-order valence-electron chi connectivity index (χ2n) is 4.63. The molecule has 1 aromatic heterocycles. The van der Waals surface area contributed by atoms with Crippen molar-refractivity contribution in [2.75, 3.05) is 7.11 Å². The Labute approximate surface area is 136 Å². The van der Waals surface area contributed by atoms with E-state index in [1.807, 2.05) is 0 Å². The third-order valence-electron chi connectivity index (χ3n) is 3.17. The Morgan fingerprint density at radius 3 is 2.74 bits per heavy atom. The van der Waals surface area contributed by atoms with Crippen molar-refractivity contribution < 1.29 is 13.9 Å². The van der Waals surface area contributed by atoms with Gasteiger partial charge in [-0.1, -0.05) is 17.7 Å². The molecular formula is C15H12ClFN4O2. The van der Waals surface area contributed by atoms with Gasteiger partial charge in [0.1, 0.15) is 12.4 Å². The summed E-state index contributed by atoms with van der Waals surface area (Å²) in [6, 6.07) is 9.63. The number of hydrogen-bond donors (Lipinski definition) is 1. The van der Waals surface area contributed by atoms with Gasteiger partial charge in [-0.2, -0.15) is 5.21 Å². The zero-order valence-corrected chi connectivity index (χ0v) is 12.8. The molecule has 0 saturated carbocycles. The Bertz CT molecular complexity index is 811. The first-order chi connectivity index (χ1) is 11.2. The van der Waals surface area contributed by atoms with Crippen molar-refractivity contribution >= 4 is 11.6 Å². The van der Waals surface area contributed by atoms with E-state index >= 15 is 0 Å². The lowest BCUT2D eigenvalue weighted by Gasteiger charge is -2.12. The van der Waals surface area contributed by atoms with Gasteiger partial charge in [0.2, 0.25) is 5.82 Å². The smallest absolute Gasteiger partial charge is 0.204 e. The summed E-state index contributed by atoms with van der Waals surface area (Å²) < 4.78 is 24.7. The molecule has 3 rings (SSSR count). The monoisotopic (exact) mass is 334 g/mol. The Hall–Kier alpha value is -2.67. The van der Waals surface area contributed by atoms with Crippen molar-refractivity contribution in [3.05, 3.63) is 52.8 Å². The number of methoxy groups -OCH3 is 1. The molecule has 0 bridgehead atoms. The van der Waals surface area contributed by atoms with E-state index in [-0.39, 0.29) is 6.61 Å². The number of halogens is 2. The minimum absolute atomic E-state index is 0.0565.